The molecule has 0 bridgehead atoms. The van der Waals surface area contributed by atoms with E-state index >= 15 is 0 Å². The number of para-hydroxylation sites is 1. The van der Waals surface area contributed by atoms with Gasteiger partial charge in [0.25, 0.3) is 11.8 Å². The van der Waals surface area contributed by atoms with Gasteiger partial charge in [0.15, 0.2) is 0 Å². The van der Waals surface area contributed by atoms with Gasteiger partial charge in [-0.3, -0.25) is 9.59 Å². The van der Waals surface area contributed by atoms with Crippen molar-refractivity contribution >= 4 is 29.4 Å². The Balaban J connectivity index is 1.92. The summed E-state index contributed by atoms with van der Waals surface area (Å²) in [5, 5.41) is 7.36. The lowest BCUT2D eigenvalue weighted by molar-refractivity contribution is -0.137. The van der Waals surface area contributed by atoms with Gasteiger partial charge >= 0.3 is 6.18 Å². The number of amides is 2. The molecule has 0 saturated carbocycles. The minimum Gasteiger partial charge on any atom is -0.383 e. The van der Waals surface area contributed by atoms with Gasteiger partial charge in [0.2, 0.25) is 6.10 Å². The van der Waals surface area contributed by atoms with E-state index in [1.165, 1.54) is 19.1 Å². The van der Waals surface area contributed by atoms with Crippen molar-refractivity contribution in [2.24, 2.45) is 5.16 Å². The first-order valence-electron chi connectivity index (χ1n) is 8.00. The van der Waals surface area contributed by atoms with Crippen molar-refractivity contribution in [3.63, 3.8) is 0 Å². The van der Waals surface area contributed by atoms with Crippen molar-refractivity contribution in [1.82, 2.24) is 0 Å². The molecule has 0 aliphatic carbocycles. The fourth-order valence-corrected chi connectivity index (χ4v) is 2.05. The van der Waals surface area contributed by atoms with E-state index in [9.17, 15) is 31.5 Å². The largest absolute Gasteiger partial charge is 0.418 e. The monoisotopic (exact) mass is 415 g/mol. The number of hydrogen-bond acceptors (Lipinski definition) is 4. The highest BCUT2D eigenvalue weighted by Gasteiger charge is 2.34. The molecule has 0 saturated heterocycles. The van der Waals surface area contributed by atoms with Crippen LogP contribution in [0, 0.1) is 11.6 Å². The molecule has 2 aromatic carbocycles. The fourth-order valence-electron chi connectivity index (χ4n) is 2.05. The molecule has 0 heterocycles. The second-order valence-electron chi connectivity index (χ2n) is 5.63. The zero-order chi connectivity index (χ0) is 21.6. The van der Waals surface area contributed by atoms with Crippen LogP contribution in [0.4, 0.5) is 33.3 Å². The lowest BCUT2D eigenvalue weighted by Gasteiger charge is -2.15. The highest BCUT2D eigenvalue weighted by Crippen LogP contribution is 2.34. The van der Waals surface area contributed by atoms with Gasteiger partial charge in [-0.1, -0.05) is 17.3 Å². The Morgan fingerprint density at radius 1 is 1.07 bits per heavy atom. The Kier molecular flexibility index (Phi) is 6.86. The summed E-state index contributed by atoms with van der Waals surface area (Å²) in [7, 11) is 0. The van der Waals surface area contributed by atoms with Crippen molar-refractivity contribution in [3.05, 3.63) is 59.7 Å². The highest BCUT2D eigenvalue weighted by atomic mass is 19.4. The van der Waals surface area contributed by atoms with Gasteiger partial charge in [-0.05, 0) is 31.2 Å². The summed E-state index contributed by atoms with van der Waals surface area (Å²) in [6.07, 6.45) is -5.43. The number of carbonyl (C=O) groups excluding carboxylic acids is 2. The lowest BCUT2D eigenvalue weighted by atomic mass is 10.1. The van der Waals surface area contributed by atoms with Gasteiger partial charge in [0.05, 0.1) is 16.9 Å². The average molecular weight is 415 g/mol. The molecule has 0 spiro atoms. The van der Waals surface area contributed by atoms with Crippen LogP contribution < -0.4 is 10.6 Å². The summed E-state index contributed by atoms with van der Waals surface area (Å²) >= 11 is 0. The SMILES string of the molecule is CC(O/N=C/C(=O)Nc1ccc(F)cc1F)C(=O)Nc1ccccc1C(F)(F)F. The molecule has 0 aliphatic rings. The lowest BCUT2D eigenvalue weighted by Crippen LogP contribution is -2.28. The van der Waals surface area contributed by atoms with Crippen LogP contribution in [0.15, 0.2) is 47.6 Å². The molecule has 0 radical (unpaired) electrons. The summed E-state index contributed by atoms with van der Waals surface area (Å²) in [6.45, 7) is 1.19. The third kappa shape index (κ3) is 6.26. The van der Waals surface area contributed by atoms with Gasteiger partial charge in [-0.25, -0.2) is 8.78 Å². The van der Waals surface area contributed by atoms with Crippen LogP contribution in [0.5, 0.6) is 0 Å². The molecule has 2 rings (SSSR count). The maximum Gasteiger partial charge on any atom is 0.418 e. The summed E-state index contributed by atoms with van der Waals surface area (Å²) < 4.78 is 65.0. The Hall–Kier alpha value is -3.50. The number of oxime groups is 1. The third-order valence-corrected chi connectivity index (χ3v) is 3.44. The third-order valence-electron chi connectivity index (χ3n) is 3.44. The second kappa shape index (κ2) is 9.13. The van der Waals surface area contributed by atoms with Crippen LogP contribution in [-0.2, 0) is 20.6 Å². The second-order valence-corrected chi connectivity index (χ2v) is 5.63. The minimum atomic E-state index is -4.67. The van der Waals surface area contributed by atoms with Crippen LogP contribution in [0.3, 0.4) is 0 Å². The number of nitrogens with one attached hydrogen (secondary N) is 2. The standard InChI is InChI=1S/C18H14F5N3O3/c1-10(17(28)26-14-5-3-2-4-12(14)18(21,22)23)29-24-9-16(27)25-15-7-6-11(19)8-13(15)20/h2-10H,1H3,(H,25,27)(H,26,28)/b24-9+. The van der Waals surface area contributed by atoms with Gasteiger partial charge in [0.1, 0.15) is 17.8 Å². The quantitative estimate of drug-likeness (QED) is 0.426. The van der Waals surface area contributed by atoms with E-state index < -0.39 is 47.0 Å². The van der Waals surface area contributed by atoms with E-state index in [-0.39, 0.29) is 5.69 Å². The van der Waals surface area contributed by atoms with Gasteiger partial charge in [-0.2, -0.15) is 13.2 Å². The number of hydrogen-bond donors (Lipinski definition) is 2. The summed E-state index contributed by atoms with van der Waals surface area (Å²) in [5.41, 5.74) is -1.81. The first-order valence-corrected chi connectivity index (χ1v) is 8.00. The van der Waals surface area contributed by atoms with Crippen molar-refractivity contribution in [3.8, 4) is 0 Å². The molecule has 1 unspecified atom stereocenters. The molecule has 2 amide bonds. The average Bonchev–Trinajstić information content (AvgIpc) is 2.63. The Morgan fingerprint density at radius 2 is 1.76 bits per heavy atom. The molecule has 1 atom stereocenters. The Bertz CT molecular complexity index is 931. The van der Waals surface area contributed by atoms with Crippen LogP contribution in [0.2, 0.25) is 0 Å². The highest BCUT2D eigenvalue weighted by molar-refractivity contribution is 6.31. The van der Waals surface area contributed by atoms with Crippen molar-refractivity contribution in [2.75, 3.05) is 10.6 Å². The maximum atomic E-state index is 13.4. The van der Waals surface area contributed by atoms with E-state index in [2.05, 4.69) is 15.8 Å². The summed E-state index contributed by atoms with van der Waals surface area (Å²) in [4.78, 5) is 28.3. The first kappa shape index (κ1) is 21.8. The van der Waals surface area contributed by atoms with Crippen molar-refractivity contribution in [2.45, 2.75) is 19.2 Å². The molecule has 11 heteroatoms. The molecule has 0 fully saturated rings. The van der Waals surface area contributed by atoms with E-state index in [1.54, 1.807) is 0 Å². The minimum absolute atomic E-state index is 0.308. The molecule has 0 aromatic heterocycles. The Morgan fingerprint density at radius 3 is 2.41 bits per heavy atom. The predicted octanol–water partition coefficient (Wildman–Crippen LogP) is 3.95. The van der Waals surface area contributed by atoms with Gasteiger partial charge < -0.3 is 15.5 Å². The predicted molar refractivity (Wildman–Crippen MR) is 94.1 cm³/mol. The van der Waals surface area contributed by atoms with E-state index in [4.69, 9.17) is 4.84 Å². The molecule has 29 heavy (non-hydrogen) atoms. The van der Waals surface area contributed by atoms with Crippen LogP contribution in [0.25, 0.3) is 0 Å². The number of halogens is 5. The number of benzene rings is 2. The number of anilines is 2. The normalized spacial score (nSPS) is 12.5. The molecule has 154 valence electrons. The number of carbonyl (C=O) groups is 2. The van der Waals surface area contributed by atoms with Crippen LogP contribution in [0.1, 0.15) is 12.5 Å². The fraction of sp³-hybridized carbons (Fsp3) is 0.167. The molecular weight excluding hydrogens is 401 g/mol. The molecular formula is C18H14F5N3O3. The van der Waals surface area contributed by atoms with Crippen LogP contribution in [-0.4, -0.2) is 24.1 Å². The van der Waals surface area contributed by atoms with Crippen molar-refractivity contribution in [1.29, 1.82) is 0 Å². The summed E-state index contributed by atoms with van der Waals surface area (Å²) in [6, 6.07) is 6.84. The first-order chi connectivity index (χ1) is 13.6. The number of rotatable bonds is 6. The molecule has 2 aromatic rings. The molecule has 0 aliphatic heterocycles. The Labute approximate surface area is 161 Å². The summed E-state index contributed by atoms with van der Waals surface area (Å²) in [5.74, 6) is -3.72. The number of alkyl halides is 3. The zero-order valence-electron chi connectivity index (χ0n) is 14.8. The molecule has 2 N–H and O–H groups in total. The smallest absolute Gasteiger partial charge is 0.383 e. The zero-order valence-corrected chi connectivity index (χ0v) is 14.8. The molecule has 6 nitrogen and oxygen atoms in total. The maximum absolute atomic E-state index is 13.4. The number of nitrogens with zero attached hydrogens (tertiary/aromatic N) is 1. The van der Waals surface area contributed by atoms with E-state index in [0.717, 1.165) is 24.3 Å². The van der Waals surface area contributed by atoms with Crippen molar-refractivity contribution < 1.29 is 36.4 Å². The van der Waals surface area contributed by atoms with Crippen LogP contribution >= 0.6 is 0 Å². The van der Waals surface area contributed by atoms with Gasteiger partial charge in [0, 0.05) is 6.07 Å². The van der Waals surface area contributed by atoms with E-state index in [1.807, 2.05) is 0 Å². The van der Waals surface area contributed by atoms with E-state index in [0.29, 0.717) is 12.3 Å². The topological polar surface area (TPSA) is 79.8 Å². The van der Waals surface area contributed by atoms with Gasteiger partial charge in [-0.15, -0.1) is 0 Å².